The molecule has 0 aliphatic carbocycles. The molecule has 0 spiro atoms. The molecule has 1 aliphatic rings. The third kappa shape index (κ3) is 3.65. The fraction of sp³-hybridized carbons (Fsp3) is 0.462. The molecule has 1 atom stereocenters. The van der Waals surface area contributed by atoms with E-state index in [1.807, 2.05) is 36.0 Å². The quantitative estimate of drug-likeness (QED) is 0.825. The number of hydrogen-bond acceptors (Lipinski definition) is 4. The van der Waals surface area contributed by atoms with Gasteiger partial charge in [-0.3, -0.25) is 4.79 Å². The van der Waals surface area contributed by atoms with E-state index < -0.39 is 5.97 Å². The van der Waals surface area contributed by atoms with Gasteiger partial charge in [0.2, 0.25) is 0 Å². The largest absolute Gasteiger partial charge is 0.489 e. The second kappa shape index (κ2) is 6.11. The minimum atomic E-state index is -0.812. The standard InChI is InChI=1S/C13H17NO3S/c14-12(5-6-13(15)16)9-1-3-10(4-2-9)17-11-7-18-8-11/h1-4,11-12H,5-8,14H2,(H,15,16). The average molecular weight is 267 g/mol. The summed E-state index contributed by atoms with van der Waals surface area (Å²) >= 11 is 1.88. The molecular weight excluding hydrogens is 250 g/mol. The second-order valence-corrected chi connectivity index (χ2v) is 5.46. The Hall–Kier alpha value is -1.20. The summed E-state index contributed by atoms with van der Waals surface area (Å²) in [6.45, 7) is 0. The molecule has 1 unspecified atom stereocenters. The third-order valence-corrected chi connectivity index (χ3v) is 4.10. The summed E-state index contributed by atoms with van der Waals surface area (Å²) < 4.78 is 5.73. The number of carbonyl (C=O) groups is 1. The van der Waals surface area contributed by atoms with Crippen molar-refractivity contribution in [1.82, 2.24) is 0 Å². The summed E-state index contributed by atoms with van der Waals surface area (Å²) in [5.41, 5.74) is 6.88. The van der Waals surface area contributed by atoms with Crippen LogP contribution in [-0.2, 0) is 4.79 Å². The third-order valence-electron chi connectivity index (χ3n) is 2.89. The van der Waals surface area contributed by atoms with Crippen molar-refractivity contribution in [2.75, 3.05) is 11.5 Å². The van der Waals surface area contributed by atoms with Crippen LogP contribution in [-0.4, -0.2) is 28.7 Å². The summed E-state index contributed by atoms with van der Waals surface area (Å²) in [6, 6.07) is 7.40. The van der Waals surface area contributed by atoms with Crippen molar-refractivity contribution >= 4 is 17.7 Å². The highest BCUT2D eigenvalue weighted by Crippen LogP contribution is 2.25. The molecular formula is C13H17NO3S. The van der Waals surface area contributed by atoms with Crippen LogP contribution >= 0.6 is 11.8 Å². The van der Waals surface area contributed by atoms with Crippen molar-refractivity contribution in [1.29, 1.82) is 0 Å². The van der Waals surface area contributed by atoms with Gasteiger partial charge < -0.3 is 15.6 Å². The Labute approximate surface area is 111 Å². The van der Waals surface area contributed by atoms with Crippen LogP contribution in [0, 0.1) is 0 Å². The first-order chi connectivity index (χ1) is 8.65. The van der Waals surface area contributed by atoms with Crippen LogP contribution in [0.25, 0.3) is 0 Å². The highest BCUT2D eigenvalue weighted by molar-refractivity contribution is 8.00. The normalized spacial score (nSPS) is 16.9. The van der Waals surface area contributed by atoms with Crippen LogP contribution in [0.4, 0.5) is 0 Å². The summed E-state index contributed by atoms with van der Waals surface area (Å²) in [7, 11) is 0. The van der Waals surface area contributed by atoms with Crippen LogP contribution in [0.3, 0.4) is 0 Å². The Bertz CT molecular complexity index is 403. The Kier molecular flexibility index (Phi) is 4.49. The van der Waals surface area contributed by atoms with E-state index >= 15 is 0 Å². The van der Waals surface area contributed by atoms with E-state index in [2.05, 4.69) is 0 Å². The highest BCUT2D eigenvalue weighted by atomic mass is 32.2. The van der Waals surface area contributed by atoms with Gasteiger partial charge in [-0.25, -0.2) is 0 Å². The predicted octanol–water partition coefficient (Wildman–Crippen LogP) is 2.05. The molecule has 3 N–H and O–H groups in total. The molecule has 1 heterocycles. The number of benzene rings is 1. The first-order valence-corrected chi connectivity index (χ1v) is 7.12. The number of carboxylic acid groups (broad SMARTS) is 1. The smallest absolute Gasteiger partial charge is 0.303 e. The molecule has 1 aromatic rings. The van der Waals surface area contributed by atoms with Crippen molar-refractivity contribution in [3.63, 3.8) is 0 Å². The molecule has 1 aromatic carbocycles. The molecule has 0 saturated carbocycles. The molecule has 98 valence electrons. The second-order valence-electron chi connectivity index (χ2n) is 4.39. The molecule has 1 saturated heterocycles. The minimum absolute atomic E-state index is 0.0959. The predicted molar refractivity (Wildman–Crippen MR) is 72.0 cm³/mol. The summed E-state index contributed by atoms with van der Waals surface area (Å²) in [6.07, 6.45) is 0.884. The summed E-state index contributed by atoms with van der Waals surface area (Å²) in [5, 5.41) is 8.61. The maximum Gasteiger partial charge on any atom is 0.303 e. The van der Waals surface area contributed by atoms with Gasteiger partial charge in [0.1, 0.15) is 11.9 Å². The molecule has 18 heavy (non-hydrogen) atoms. The van der Waals surface area contributed by atoms with E-state index in [1.165, 1.54) is 0 Å². The van der Waals surface area contributed by atoms with Crippen molar-refractivity contribution < 1.29 is 14.6 Å². The summed E-state index contributed by atoms with van der Waals surface area (Å²) in [4.78, 5) is 10.5. The lowest BCUT2D eigenvalue weighted by Crippen LogP contribution is -2.30. The Balaban J connectivity index is 1.87. The topological polar surface area (TPSA) is 72.6 Å². The Morgan fingerprint density at radius 1 is 1.44 bits per heavy atom. The average Bonchev–Trinajstić information content (AvgIpc) is 2.31. The number of hydrogen-bond donors (Lipinski definition) is 2. The Morgan fingerprint density at radius 2 is 2.11 bits per heavy atom. The molecule has 4 nitrogen and oxygen atoms in total. The molecule has 1 fully saturated rings. The molecule has 0 radical (unpaired) electrons. The van der Waals surface area contributed by atoms with E-state index in [4.69, 9.17) is 15.6 Å². The first kappa shape index (κ1) is 13.2. The molecule has 0 bridgehead atoms. The van der Waals surface area contributed by atoms with Gasteiger partial charge >= 0.3 is 5.97 Å². The van der Waals surface area contributed by atoms with E-state index in [1.54, 1.807) is 0 Å². The molecule has 0 amide bonds. The van der Waals surface area contributed by atoms with Gasteiger partial charge in [-0.15, -0.1) is 0 Å². The zero-order chi connectivity index (χ0) is 13.0. The van der Waals surface area contributed by atoms with Crippen molar-refractivity contribution in [3.8, 4) is 5.75 Å². The minimum Gasteiger partial charge on any atom is -0.489 e. The van der Waals surface area contributed by atoms with Gasteiger partial charge in [0, 0.05) is 24.0 Å². The van der Waals surface area contributed by atoms with Gasteiger partial charge in [0.15, 0.2) is 0 Å². The van der Waals surface area contributed by atoms with Crippen LogP contribution in [0.1, 0.15) is 24.4 Å². The lowest BCUT2D eigenvalue weighted by molar-refractivity contribution is -0.137. The van der Waals surface area contributed by atoms with Gasteiger partial charge in [-0.2, -0.15) is 11.8 Å². The van der Waals surface area contributed by atoms with Crippen LogP contribution in [0.2, 0.25) is 0 Å². The first-order valence-electron chi connectivity index (χ1n) is 5.97. The Morgan fingerprint density at radius 3 is 2.61 bits per heavy atom. The number of thioether (sulfide) groups is 1. The van der Waals surface area contributed by atoms with Crippen LogP contribution < -0.4 is 10.5 Å². The number of nitrogens with two attached hydrogens (primary N) is 1. The number of rotatable bonds is 6. The zero-order valence-electron chi connectivity index (χ0n) is 10.0. The van der Waals surface area contributed by atoms with Crippen LogP contribution in [0.5, 0.6) is 5.75 Å². The van der Waals surface area contributed by atoms with E-state index in [9.17, 15) is 4.79 Å². The lowest BCUT2D eigenvalue weighted by atomic mass is 10.0. The van der Waals surface area contributed by atoms with E-state index in [-0.39, 0.29) is 12.5 Å². The van der Waals surface area contributed by atoms with Crippen molar-refractivity contribution in [2.24, 2.45) is 5.73 Å². The maximum absolute atomic E-state index is 10.5. The number of carboxylic acids is 1. The van der Waals surface area contributed by atoms with Gasteiger partial charge in [-0.1, -0.05) is 12.1 Å². The zero-order valence-corrected chi connectivity index (χ0v) is 10.9. The highest BCUT2D eigenvalue weighted by Gasteiger charge is 2.19. The molecule has 5 heteroatoms. The summed E-state index contributed by atoms with van der Waals surface area (Å²) in [5.74, 6) is 2.15. The van der Waals surface area contributed by atoms with E-state index in [0.717, 1.165) is 22.8 Å². The lowest BCUT2D eigenvalue weighted by Gasteiger charge is -2.26. The van der Waals surface area contributed by atoms with Crippen LogP contribution in [0.15, 0.2) is 24.3 Å². The molecule has 2 rings (SSSR count). The number of aliphatic carboxylic acids is 1. The van der Waals surface area contributed by atoms with Gasteiger partial charge in [0.05, 0.1) is 0 Å². The van der Waals surface area contributed by atoms with Gasteiger partial charge in [0.25, 0.3) is 0 Å². The molecule has 0 aromatic heterocycles. The fourth-order valence-electron chi connectivity index (χ4n) is 1.71. The monoisotopic (exact) mass is 267 g/mol. The fourth-order valence-corrected chi connectivity index (χ4v) is 2.28. The van der Waals surface area contributed by atoms with Gasteiger partial charge in [-0.05, 0) is 24.1 Å². The van der Waals surface area contributed by atoms with Crippen molar-refractivity contribution in [2.45, 2.75) is 25.0 Å². The van der Waals surface area contributed by atoms with Crippen molar-refractivity contribution in [3.05, 3.63) is 29.8 Å². The van der Waals surface area contributed by atoms with E-state index in [0.29, 0.717) is 12.5 Å². The number of ether oxygens (including phenoxy) is 1. The molecule has 1 aliphatic heterocycles. The SMILES string of the molecule is NC(CCC(=O)O)c1ccc(OC2CSC2)cc1. The maximum atomic E-state index is 10.5.